The predicted octanol–water partition coefficient (Wildman–Crippen LogP) is 5.07. The topological polar surface area (TPSA) is 105 Å². The summed E-state index contributed by atoms with van der Waals surface area (Å²) < 4.78 is 16.3. The first-order valence-corrected chi connectivity index (χ1v) is 9.64. The van der Waals surface area contributed by atoms with Crippen molar-refractivity contribution in [3.63, 3.8) is 0 Å². The number of rotatable bonds is 11. The quantitative estimate of drug-likeness (QED) is 0.143. The van der Waals surface area contributed by atoms with E-state index in [4.69, 9.17) is 13.9 Å². The lowest BCUT2D eigenvalue weighted by Gasteiger charge is -2.06. The van der Waals surface area contributed by atoms with Crippen LogP contribution in [0.5, 0.6) is 5.75 Å². The number of carbonyl (C=O) groups is 1. The Morgan fingerprint density at radius 3 is 2.53 bits per heavy atom. The van der Waals surface area contributed by atoms with Crippen molar-refractivity contribution in [2.45, 2.75) is 25.7 Å². The van der Waals surface area contributed by atoms with Crippen molar-refractivity contribution in [2.75, 3.05) is 13.2 Å². The van der Waals surface area contributed by atoms with Crippen LogP contribution in [-0.4, -0.2) is 29.1 Å². The molecule has 30 heavy (non-hydrogen) atoms. The van der Waals surface area contributed by atoms with E-state index in [0.717, 1.165) is 43.1 Å². The highest BCUT2D eigenvalue weighted by Crippen LogP contribution is 2.28. The third kappa shape index (κ3) is 5.66. The van der Waals surface area contributed by atoms with Crippen LogP contribution in [0, 0.1) is 10.1 Å². The van der Waals surface area contributed by atoms with Gasteiger partial charge in [0, 0.05) is 17.7 Å². The summed E-state index contributed by atoms with van der Waals surface area (Å²) in [4.78, 5) is 25.7. The van der Waals surface area contributed by atoms with Crippen LogP contribution in [0.15, 0.2) is 59.5 Å². The summed E-state index contributed by atoms with van der Waals surface area (Å²) >= 11 is 0. The molecule has 0 N–H and O–H groups in total. The molecule has 3 rings (SSSR count). The van der Waals surface area contributed by atoms with Crippen LogP contribution in [0.1, 0.15) is 25.7 Å². The Kier molecular flexibility index (Phi) is 7.15. The normalized spacial score (nSPS) is 10.7. The lowest BCUT2D eigenvalue weighted by atomic mass is 10.2. The minimum atomic E-state index is -0.467. The summed E-state index contributed by atoms with van der Waals surface area (Å²) in [7, 11) is 0. The molecule has 0 unspecified atom stereocenters. The van der Waals surface area contributed by atoms with Crippen molar-refractivity contribution in [2.24, 2.45) is 0 Å². The first kappa shape index (κ1) is 21.0. The lowest BCUT2D eigenvalue weighted by molar-refractivity contribution is -0.384. The van der Waals surface area contributed by atoms with Crippen molar-refractivity contribution in [3.05, 3.63) is 65.2 Å². The predicted molar refractivity (Wildman–Crippen MR) is 111 cm³/mol. The van der Waals surface area contributed by atoms with Gasteiger partial charge in [-0.2, -0.15) is 0 Å². The summed E-state index contributed by atoms with van der Waals surface area (Å²) in [5.41, 5.74) is 1.66. The molecule has 3 aromatic rings. The first-order valence-electron chi connectivity index (χ1n) is 9.64. The molecule has 0 saturated heterocycles. The van der Waals surface area contributed by atoms with Crippen LogP contribution >= 0.6 is 0 Å². The highest BCUT2D eigenvalue weighted by molar-refractivity contribution is 5.81. The van der Waals surface area contributed by atoms with Crippen LogP contribution < -0.4 is 4.74 Å². The number of nitro benzene ring substituents is 1. The fourth-order valence-corrected chi connectivity index (χ4v) is 2.82. The Morgan fingerprint density at radius 2 is 1.83 bits per heavy atom. The highest BCUT2D eigenvalue weighted by atomic mass is 16.6. The number of nitrogens with zero attached hydrogens (tertiary/aromatic N) is 2. The molecule has 0 amide bonds. The fourth-order valence-electron chi connectivity index (χ4n) is 2.82. The Balaban J connectivity index is 1.45. The van der Waals surface area contributed by atoms with E-state index < -0.39 is 4.92 Å². The number of hydrogen-bond donors (Lipinski definition) is 0. The SMILES string of the molecule is C=CC(=O)OCCCCCCOc1ccc(-c2nc3ccc([N+](=O)[O-])cc3o2)cc1. The number of benzene rings is 2. The number of ether oxygens (including phenoxy) is 2. The van der Waals surface area contributed by atoms with Gasteiger partial charge in [-0.05, 0) is 56.0 Å². The number of fused-ring (bicyclic) bond motifs is 1. The second-order valence-electron chi connectivity index (χ2n) is 6.59. The van der Waals surface area contributed by atoms with Gasteiger partial charge in [0.2, 0.25) is 5.89 Å². The smallest absolute Gasteiger partial charge is 0.330 e. The molecule has 0 radical (unpaired) electrons. The second kappa shape index (κ2) is 10.2. The summed E-state index contributed by atoms with van der Waals surface area (Å²) in [6, 6.07) is 11.7. The first-order chi connectivity index (χ1) is 14.6. The summed E-state index contributed by atoms with van der Waals surface area (Å²) in [5, 5.41) is 10.9. The van der Waals surface area contributed by atoms with Gasteiger partial charge in [-0.15, -0.1) is 0 Å². The summed E-state index contributed by atoms with van der Waals surface area (Å²) in [6.07, 6.45) is 4.83. The molecule has 0 aliphatic heterocycles. The Morgan fingerprint density at radius 1 is 1.10 bits per heavy atom. The number of unbranched alkanes of at least 4 members (excludes halogenated alkanes) is 3. The number of esters is 1. The average molecular weight is 410 g/mol. The van der Waals surface area contributed by atoms with E-state index in [0.29, 0.717) is 30.2 Å². The van der Waals surface area contributed by atoms with Gasteiger partial charge >= 0.3 is 5.97 Å². The zero-order chi connectivity index (χ0) is 21.3. The molecule has 0 fully saturated rings. The van der Waals surface area contributed by atoms with Gasteiger partial charge in [0.1, 0.15) is 11.3 Å². The van der Waals surface area contributed by atoms with Gasteiger partial charge in [0.15, 0.2) is 5.58 Å². The van der Waals surface area contributed by atoms with Gasteiger partial charge in [0.25, 0.3) is 5.69 Å². The van der Waals surface area contributed by atoms with Crippen LogP contribution in [0.25, 0.3) is 22.6 Å². The van der Waals surface area contributed by atoms with Gasteiger partial charge in [0.05, 0.1) is 24.2 Å². The third-order valence-electron chi connectivity index (χ3n) is 4.40. The Bertz CT molecular complexity index is 1030. The van der Waals surface area contributed by atoms with Gasteiger partial charge in [-0.25, -0.2) is 9.78 Å². The van der Waals surface area contributed by atoms with E-state index >= 15 is 0 Å². The lowest BCUT2D eigenvalue weighted by Crippen LogP contribution is -2.02. The van der Waals surface area contributed by atoms with E-state index in [9.17, 15) is 14.9 Å². The van der Waals surface area contributed by atoms with Crippen molar-refractivity contribution in [3.8, 4) is 17.2 Å². The van der Waals surface area contributed by atoms with Crippen molar-refractivity contribution in [1.82, 2.24) is 4.98 Å². The number of non-ortho nitro benzene ring substituents is 1. The van der Waals surface area contributed by atoms with Crippen molar-refractivity contribution in [1.29, 1.82) is 0 Å². The van der Waals surface area contributed by atoms with Gasteiger partial charge in [-0.1, -0.05) is 6.58 Å². The van der Waals surface area contributed by atoms with Crippen molar-refractivity contribution < 1.29 is 23.6 Å². The maximum Gasteiger partial charge on any atom is 0.330 e. The second-order valence-corrected chi connectivity index (χ2v) is 6.59. The maximum atomic E-state index is 10.9. The molecule has 156 valence electrons. The average Bonchev–Trinajstić information content (AvgIpc) is 3.19. The molecular formula is C22H22N2O6. The number of nitro groups is 1. The molecular weight excluding hydrogens is 388 g/mol. The van der Waals surface area contributed by atoms with E-state index in [-0.39, 0.29) is 11.7 Å². The third-order valence-corrected chi connectivity index (χ3v) is 4.40. The van der Waals surface area contributed by atoms with Crippen LogP contribution in [0.2, 0.25) is 0 Å². The zero-order valence-electron chi connectivity index (χ0n) is 16.4. The standard InChI is InChI=1S/C22H22N2O6/c1-2-21(25)29-14-6-4-3-5-13-28-18-10-7-16(8-11-18)22-23-19-12-9-17(24(26)27)15-20(19)30-22/h2,7-12,15H,1,3-6,13-14H2. The number of aromatic nitrogens is 1. The molecule has 1 aromatic heterocycles. The van der Waals surface area contributed by atoms with Crippen molar-refractivity contribution >= 4 is 22.8 Å². The molecule has 2 aromatic carbocycles. The molecule has 8 heteroatoms. The number of hydrogen-bond acceptors (Lipinski definition) is 7. The zero-order valence-corrected chi connectivity index (χ0v) is 16.4. The number of oxazole rings is 1. The Hall–Kier alpha value is -3.68. The van der Waals surface area contributed by atoms with E-state index in [2.05, 4.69) is 11.6 Å². The van der Waals surface area contributed by atoms with E-state index in [1.54, 1.807) is 6.07 Å². The molecule has 0 saturated carbocycles. The fraction of sp³-hybridized carbons (Fsp3) is 0.273. The summed E-state index contributed by atoms with van der Waals surface area (Å²) in [6.45, 7) is 4.36. The minimum absolute atomic E-state index is 0.0354. The molecule has 1 heterocycles. The van der Waals surface area contributed by atoms with Gasteiger partial charge in [-0.3, -0.25) is 10.1 Å². The minimum Gasteiger partial charge on any atom is -0.494 e. The monoisotopic (exact) mass is 410 g/mol. The van der Waals surface area contributed by atoms with Crippen LogP contribution in [0.3, 0.4) is 0 Å². The van der Waals surface area contributed by atoms with Crippen LogP contribution in [-0.2, 0) is 9.53 Å². The molecule has 0 aliphatic rings. The highest BCUT2D eigenvalue weighted by Gasteiger charge is 2.13. The molecule has 0 aliphatic carbocycles. The largest absolute Gasteiger partial charge is 0.494 e. The van der Waals surface area contributed by atoms with Gasteiger partial charge < -0.3 is 13.9 Å². The summed E-state index contributed by atoms with van der Waals surface area (Å²) in [5.74, 6) is 0.751. The van der Waals surface area contributed by atoms with Crippen LogP contribution in [0.4, 0.5) is 5.69 Å². The maximum absolute atomic E-state index is 10.9. The molecule has 0 spiro atoms. The molecule has 0 bridgehead atoms. The Labute approximate surface area is 173 Å². The molecule has 8 nitrogen and oxygen atoms in total. The molecule has 0 atom stereocenters. The van der Waals surface area contributed by atoms with E-state index in [1.807, 2.05) is 24.3 Å². The van der Waals surface area contributed by atoms with E-state index in [1.165, 1.54) is 12.1 Å². The number of carbonyl (C=O) groups excluding carboxylic acids is 1.